The van der Waals surface area contributed by atoms with Gasteiger partial charge in [-0.2, -0.15) is 0 Å². The number of hydrogen-bond acceptors (Lipinski definition) is 1. The molecule has 78 valence electrons. The fraction of sp³-hybridized carbons (Fsp3) is 0.182. The summed E-state index contributed by atoms with van der Waals surface area (Å²) in [6.45, 7) is 0. The molecule has 0 bridgehead atoms. The van der Waals surface area contributed by atoms with E-state index in [1.54, 1.807) is 6.07 Å². The second-order valence-corrected chi connectivity index (χ2v) is 3.81. The third-order valence-electron chi connectivity index (χ3n) is 2.60. The third-order valence-corrected chi connectivity index (χ3v) is 2.98. The summed E-state index contributed by atoms with van der Waals surface area (Å²) >= 11 is 5.96. The van der Waals surface area contributed by atoms with E-state index in [0.717, 1.165) is 17.7 Å². The van der Waals surface area contributed by atoms with Gasteiger partial charge >= 0.3 is 0 Å². The second kappa shape index (κ2) is 3.59. The lowest BCUT2D eigenvalue weighted by Gasteiger charge is -2.06. The number of halogens is 1. The van der Waals surface area contributed by atoms with Crippen molar-refractivity contribution in [2.24, 2.45) is 14.1 Å². The lowest BCUT2D eigenvalue weighted by Crippen LogP contribution is -1.99. The van der Waals surface area contributed by atoms with Gasteiger partial charge in [-0.3, -0.25) is 4.79 Å². The molecule has 2 rings (SSSR count). The highest BCUT2D eigenvalue weighted by Crippen LogP contribution is 2.24. The first-order valence-corrected chi connectivity index (χ1v) is 4.95. The zero-order valence-electron chi connectivity index (χ0n) is 8.57. The lowest BCUT2D eigenvalue weighted by atomic mass is 10.3. The van der Waals surface area contributed by atoms with Crippen LogP contribution in [0.25, 0.3) is 11.4 Å². The molecule has 4 heteroatoms. The van der Waals surface area contributed by atoms with E-state index < -0.39 is 0 Å². The molecular weight excluding hydrogens is 212 g/mol. The van der Waals surface area contributed by atoms with Crippen LogP contribution in [0.15, 0.2) is 24.3 Å². The molecule has 0 aliphatic heterocycles. The topological polar surface area (TPSA) is 26.9 Å². The highest BCUT2D eigenvalue weighted by molar-refractivity contribution is 6.29. The van der Waals surface area contributed by atoms with E-state index in [-0.39, 0.29) is 0 Å². The molecule has 0 aliphatic rings. The van der Waals surface area contributed by atoms with E-state index in [1.807, 2.05) is 41.4 Å². The first-order valence-electron chi connectivity index (χ1n) is 4.57. The van der Waals surface area contributed by atoms with Crippen molar-refractivity contribution in [1.29, 1.82) is 0 Å². The third kappa shape index (κ3) is 1.49. The highest BCUT2D eigenvalue weighted by Gasteiger charge is 2.10. The van der Waals surface area contributed by atoms with Gasteiger partial charge in [0.15, 0.2) is 6.29 Å². The quantitative estimate of drug-likeness (QED) is 0.718. The molecule has 0 saturated heterocycles. The van der Waals surface area contributed by atoms with Gasteiger partial charge in [0.25, 0.3) is 0 Å². The Morgan fingerprint density at radius 2 is 1.67 bits per heavy atom. The Labute approximate surface area is 92.9 Å². The molecule has 2 heterocycles. The predicted molar refractivity (Wildman–Crippen MR) is 60.2 cm³/mol. The van der Waals surface area contributed by atoms with Gasteiger partial charge in [-0.05, 0) is 24.3 Å². The molecule has 2 aromatic rings. The maximum Gasteiger partial charge on any atom is 0.166 e. The largest absolute Gasteiger partial charge is 0.340 e. The Bertz CT molecular complexity index is 511. The molecule has 0 N–H and O–H groups in total. The average Bonchev–Trinajstić information content (AvgIpc) is 2.73. The first-order chi connectivity index (χ1) is 7.15. The number of aldehydes is 1. The van der Waals surface area contributed by atoms with Crippen molar-refractivity contribution in [2.45, 2.75) is 0 Å². The number of aromatic nitrogens is 2. The van der Waals surface area contributed by atoms with Gasteiger partial charge in [-0.25, -0.2) is 0 Å². The Morgan fingerprint density at radius 1 is 1.07 bits per heavy atom. The van der Waals surface area contributed by atoms with Crippen LogP contribution in [-0.4, -0.2) is 15.4 Å². The van der Waals surface area contributed by atoms with E-state index >= 15 is 0 Å². The van der Waals surface area contributed by atoms with Gasteiger partial charge < -0.3 is 9.13 Å². The maximum absolute atomic E-state index is 10.7. The average molecular weight is 223 g/mol. The molecule has 0 atom stereocenters. The van der Waals surface area contributed by atoms with Crippen LogP contribution in [-0.2, 0) is 14.1 Å². The van der Waals surface area contributed by atoms with Gasteiger partial charge in [0, 0.05) is 14.1 Å². The Hall–Kier alpha value is -1.48. The molecule has 3 nitrogen and oxygen atoms in total. The van der Waals surface area contributed by atoms with Crippen molar-refractivity contribution in [3.05, 3.63) is 35.1 Å². The summed E-state index contributed by atoms with van der Waals surface area (Å²) in [5, 5.41) is 0.679. The second-order valence-electron chi connectivity index (χ2n) is 3.42. The fourth-order valence-corrected chi connectivity index (χ4v) is 1.80. The van der Waals surface area contributed by atoms with Crippen molar-refractivity contribution in [1.82, 2.24) is 9.13 Å². The van der Waals surface area contributed by atoms with Crippen molar-refractivity contribution in [3.63, 3.8) is 0 Å². The summed E-state index contributed by atoms with van der Waals surface area (Å²) in [5.41, 5.74) is 2.63. The molecule has 0 radical (unpaired) electrons. The lowest BCUT2D eigenvalue weighted by molar-refractivity contribution is 0.111. The van der Waals surface area contributed by atoms with Crippen LogP contribution in [0.2, 0.25) is 5.15 Å². The number of nitrogens with zero attached hydrogens (tertiary/aromatic N) is 2. The molecule has 0 spiro atoms. The monoisotopic (exact) mass is 222 g/mol. The van der Waals surface area contributed by atoms with Crippen LogP contribution < -0.4 is 0 Å². The zero-order chi connectivity index (χ0) is 11.0. The summed E-state index contributed by atoms with van der Waals surface area (Å²) in [4.78, 5) is 10.7. The van der Waals surface area contributed by atoms with Gasteiger partial charge in [-0.1, -0.05) is 11.6 Å². The van der Waals surface area contributed by atoms with Gasteiger partial charge in [0.05, 0.1) is 17.1 Å². The summed E-state index contributed by atoms with van der Waals surface area (Å²) in [6.07, 6.45) is 0.841. The van der Waals surface area contributed by atoms with E-state index in [1.165, 1.54) is 0 Å². The van der Waals surface area contributed by atoms with Crippen molar-refractivity contribution in [2.75, 3.05) is 0 Å². The Kier molecular flexibility index (Phi) is 2.40. The number of carbonyl (C=O) groups is 1. The minimum absolute atomic E-state index is 0.655. The smallest absolute Gasteiger partial charge is 0.166 e. The molecule has 15 heavy (non-hydrogen) atoms. The standard InChI is InChI=1S/C11H11ClN2O/c1-13-8(7-15)3-4-9(13)10-5-6-11(12)14(10)2/h3-7H,1-2H3. The maximum atomic E-state index is 10.7. The molecular formula is C11H11ClN2O. The molecule has 0 saturated carbocycles. The van der Waals surface area contributed by atoms with Crippen molar-refractivity contribution >= 4 is 17.9 Å². The van der Waals surface area contributed by atoms with Gasteiger partial charge in [-0.15, -0.1) is 0 Å². The first kappa shape index (κ1) is 10.1. The molecule has 0 aliphatic carbocycles. The number of carbonyl (C=O) groups excluding carboxylic acids is 1. The van der Waals surface area contributed by atoms with E-state index in [4.69, 9.17) is 11.6 Å². The van der Waals surface area contributed by atoms with Crippen molar-refractivity contribution < 1.29 is 4.79 Å². The van der Waals surface area contributed by atoms with Crippen LogP contribution in [0.1, 0.15) is 10.5 Å². The highest BCUT2D eigenvalue weighted by atomic mass is 35.5. The minimum Gasteiger partial charge on any atom is -0.340 e. The normalized spacial score (nSPS) is 10.6. The minimum atomic E-state index is 0.655. The van der Waals surface area contributed by atoms with Crippen molar-refractivity contribution in [3.8, 4) is 11.4 Å². The number of rotatable bonds is 2. The molecule has 0 unspecified atom stereocenters. The van der Waals surface area contributed by atoms with E-state index in [0.29, 0.717) is 10.8 Å². The number of hydrogen-bond donors (Lipinski definition) is 0. The van der Waals surface area contributed by atoms with E-state index in [9.17, 15) is 4.79 Å². The zero-order valence-corrected chi connectivity index (χ0v) is 9.32. The summed E-state index contributed by atoms with van der Waals surface area (Å²) in [5.74, 6) is 0. The molecule has 0 fully saturated rings. The summed E-state index contributed by atoms with van der Waals surface area (Å²) < 4.78 is 3.73. The van der Waals surface area contributed by atoms with Crippen LogP contribution >= 0.6 is 11.6 Å². The molecule has 2 aromatic heterocycles. The summed E-state index contributed by atoms with van der Waals surface area (Å²) in [6, 6.07) is 7.48. The molecule has 0 amide bonds. The fourth-order valence-electron chi connectivity index (χ4n) is 1.65. The van der Waals surface area contributed by atoms with Gasteiger partial charge in [0.1, 0.15) is 5.15 Å². The van der Waals surface area contributed by atoms with Gasteiger partial charge in [0.2, 0.25) is 0 Å². The Morgan fingerprint density at radius 3 is 2.13 bits per heavy atom. The van der Waals surface area contributed by atoms with Crippen LogP contribution in [0, 0.1) is 0 Å². The summed E-state index contributed by atoms with van der Waals surface area (Å²) in [7, 11) is 3.76. The van der Waals surface area contributed by atoms with Crippen LogP contribution in [0.3, 0.4) is 0 Å². The SMILES string of the molecule is Cn1c(Cl)ccc1-c1ccc(C=O)n1C. The van der Waals surface area contributed by atoms with Crippen LogP contribution in [0.5, 0.6) is 0 Å². The van der Waals surface area contributed by atoms with Crippen LogP contribution in [0.4, 0.5) is 0 Å². The Balaban J connectivity index is 2.59. The molecule has 0 aromatic carbocycles. The van der Waals surface area contributed by atoms with E-state index in [2.05, 4.69) is 0 Å². The predicted octanol–water partition coefficient (Wildman–Crippen LogP) is 2.50.